The minimum atomic E-state index is 0.743. The van der Waals surface area contributed by atoms with E-state index in [1.807, 2.05) is 6.92 Å². The quantitative estimate of drug-likeness (QED) is 0.306. The second-order valence-corrected chi connectivity index (χ2v) is 1.90. The van der Waals surface area contributed by atoms with Crippen molar-refractivity contribution in [2.45, 2.75) is 6.92 Å². The molecule has 3 N–H and O–H groups in total. The van der Waals surface area contributed by atoms with Gasteiger partial charge in [0.25, 0.3) is 0 Å². The van der Waals surface area contributed by atoms with E-state index in [9.17, 15) is 0 Å². The molecule has 0 amide bonds. The summed E-state index contributed by atoms with van der Waals surface area (Å²) in [6.07, 6.45) is 0. The first kappa shape index (κ1) is 7.62. The van der Waals surface area contributed by atoms with Gasteiger partial charge < -0.3 is 0 Å². The van der Waals surface area contributed by atoms with Crippen LogP contribution in [0.25, 0.3) is 0 Å². The van der Waals surface area contributed by atoms with Crippen LogP contribution in [0.2, 0.25) is 0 Å². The average molecular weight is 115 g/mol. The van der Waals surface area contributed by atoms with E-state index in [0.29, 0.717) is 0 Å². The molecule has 8 heavy (non-hydrogen) atoms. The summed E-state index contributed by atoms with van der Waals surface area (Å²) < 4.78 is 0. The zero-order chi connectivity index (χ0) is 6.57. The van der Waals surface area contributed by atoms with Crippen LogP contribution in [0.5, 0.6) is 0 Å². The van der Waals surface area contributed by atoms with Crippen molar-refractivity contribution in [1.82, 2.24) is 10.5 Å². The molecule has 0 fully saturated rings. The second-order valence-electron chi connectivity index (χ2n) is 1.90. The zero-order valence-corrected chi connectivity index (χ0v) is 5.44. The summed E-state index contributed by atoms with van der Waals surface area (Å²) in [5, 5.41) is 1.41. The van der Waals surface area contributed by atoms with Crippen LogP contribution in [0.3, 0.4) is 0 Å². The number of hydrogen-bond donors (Lipinski definition) is 2. The number of rotatable bonds is 3. The van der Waals surface area contributed by atoms with Gasteiger partial charge in [-0.05, 0) is 6.92 Å². The summed E-state index contributed by atoms with van der Waals surface area (Å²) in [5.74, 6) is 5.22. The molecule has 0 aromatic rings. The maximum Gasteiger partial charge on any atom is 0.0320 e. The lowest BCUT2D eigenvalue weighted by atomic mass is 10.4. The summed E-state index contributed by atoms with van der Waals surface area (Å²) in [6.45, 7) is 6.37. The van der Waals surface area contributed by atoms with Gasteiger partial charge in [0.2, 0.25) is 0 Å². The molecule has 0 radical (unpaired) electrons. The lowest BCUT2D eigenvalue weighted by Crippen LogP contribution is -2.40. The third-order valence-electron chi connectivity index (χ3n) is 0.630. The van der Waals surface area contributed by atoms with Crippen LogP contribution < -0.4 is 11.3 Å². The number of nitrogens with one attached hydrogen (secondary N) is 1. The molecular weight excluding hydrogens is 102 g/mol. The molecular formula is C5H13N3. The Labute approximate surface area is 50.1 Å². The summed E-state index contributed by atoms with van der Waals surface area (Å²) in [7, 11) is 1.74. The lowest BCUT2D eigenvalue weighted by molar-refractivity contribution is 0.253. The zero-order valence-electron chi connectivity index (χ0n) is 5.44. The standard InChI is InChI=1S/C5H13N3/c1-5(2)4-7-8(3)6/h7H,1,4,6H2,2-3H3. The molecule has 0 aliphatic rings. The molecule has 3 heteroatoms. The van der Waals surface area contributed by atoms with Crippen LogP contribution in [-0.4, -0.2) is 18.7 Å². The first-order chi connectivity index (χ1) is 3.63. The Morgan fingerprint density at radius 1 is 1.88 bits per heavy atom. The van der Waals surface area contributed by atoms with Gasteiger partial charge in [0, 0.05) is 13.6 Å². The summed E-state index contributed by atoms with van der Waals surface area (Å²) in [5.41, 5.74) is 3.93. The van der Waals surface area contributed by atoms with E-state index in [1.165, 1.54) is 5.12 Å². The molecule has 0 heterocycles. The first-order valence-corrected chi connectivity index (χ1v) is 2.49. The Hall–Kier alpha value is -0.380. The van der Waals surface area contributed by atoms with Gasteiger partial charge in [-0.1, -0.05) is 12.2 Å². The first-order valence-electron chi connectivity index (χ1n) is 2.49. The Kier molecular flexibility index (Phi) is 3.43. The fraction of sp³-hybridized carbons (Fsp3) is 0.600. The van der Waals surface area contributed by atoms with Gasteiger partial charge in [-0.25, -0.2) is 5.43 Å². The monoisotopic (exact) mass is 115 g/mol. The van der Waals surface area contributed by atoms with Gasteiger partial charge >= 0.3 is 0 Å². The molecule has 0 unspecified atom stereocenters. The maximum absolute atomic E-state index is 5.22. The number of hydrazine groups is 2. The van der Waals surface area contributed by atoms with Gasteiger partial charge in [-0.2, -0.15) is 5.12 Å². The van der Waals surface area contributed by atoms with Crippen molar-refractivity contribution in [2.75, 3.05) is 13.6 Å². The van der Waals surface area contributed by atoms with Crippen LogP contribution in [-0.2, 0) is 0 Å². The van der Waals surface area contributed by atoms with Gasteiger partial charge in [0.1, 0.15) is 0 Å². The highest BCUT2D eigenvalue weighted by Gasteiger charge is 1.85. The molecule has 0 saturated carbocycles. The summed E-state index contributed by atoms with van der Waals surface area (Å²) >= 11 is 0. The van der Waals surface area contributed by atoms with Crippen molar-refractivity contribution in [3.63, 3.8) is 0 Å². The second kappa shape index (κ2) is 3.60. The number of nitrogens with two attached hydrogens (primary N) is 1. The molecule has 0 aliphatic carbocycles. The molecule has 0 aromatic heterocycles. The van der Waals surface area contributed by atoms with Crippen molar-refractivity contribution < 1.29 is 0 Å². The van der Waals surface area contributed by atoms with E-state index < -0.39 is 0 Å². The van der Waals surface area contributed by atoms with Gasteiger partial charge in [0.15, 0.2) is 0 Å². The van der Waals surface area contributed by atoms with Crippen molar-refractivity contribution in [3.05, 3.63) is 12.2 Å². The number of hydrogen-bond acceptors (Lipinski definition) is 3. The fourth-order valence-corrected chi connectivity index (χ4v) is 0.260. The SMILES string of the molecule is C=C(C)CNN(C)N. The van der Waals surface area contributed by atoms with E-state index >= 15 is 0 Å². The minimum Gasteiger partial charge on any atom is -0.255 e. The highest BCUT2D eigenvalue weighted by Crippen LogP contribution is 1.79. The van der Waals surface area contributed by atoms with Crippen molar-refractivity contribution >= 4 is 0 Å². The van der Waals surface area contributed by atoms with Crippen LogP contribution in [0.15, 0.2) is 12.2 Å². The largest absolute Gasteiger partial charge is 0.255 e. The molecule has 0 saturated heterocycles. The minimum absolute atomic E-state index is 0.743. The summed E-state index contributed by atoms with van der Waals surface area (Å²) in [4.78, 5) is 0. The predicted octanol–water partition coefficient (Wildman–Crippen LogP) is -0.127. The van der Waals surface area contributed by atoms with Crippen molar-refractivity contribution in [2.24, 2.45) is 5.84 Å². The van der Waals surface area contributed by atoms with E-state index in [-0.39, 0.29) is 0 Å². The normalized spacial score (nSPS) is 10.0. The smallest absolute Gasteiger partial charge is 0.0320 e. The van der Waals surface area contributed by atoms with E-state index in [4.69, 9.17) is 5.84 Å². The third kappa shape index (κ3) is 5.62. The maximum atomic E-state index is 5.22. The molecule has 0 atom stereocenters. The lowest BCUT2D eigenvalue weighted by Gasteiger charge is -2.09. The highest BCUT2D eigenvalue weighted by molar-refractivity contribution is 4.89. The van der Waals surface area contributed by atoms with Crippen LogP contribution in [0.1, 0.15) is 6.92 Å². The van der Waals surface area contributed by atoms with E-state index in [0.717, 1.165) is 12.1 Å². The van der Waals surface area contributed by atoms with Crippen LogP contribution in [0.4, 0.5) is 0 Å². The van der Waals surface area contributed by atoms with Crippen molar-refractivity contribution in [1.29, 1.82) is 0 Å². The molecule has 0 rings (SSSR count). The van der Waals surface area contributed by atoms with Crippen molar-refractivity contribution in [3.8, 4) is 0 Å². The van der Waals surface area contributed by atoms with Gasteiger partial charge in [-0.3, -0.25) is 5.84 Å². The Morgan fingerprint density at radius 3 is 2.50 bits per heavy atom. The Balaban J connectivity index is 3.05. The third-order valence-corrected chi connectivity index (χ3v) is 0.630. The van der Waals surface area contributed by atoms with Crippen LogP contribution >= 0.6 is 0 Å². The predicted molar refractivity (Wildman–Crippen MR) is 34.8 cm³/mol. The topological polar surface area (TPSA) is 41.3 Å². The molecule has 3 nitrogen and oxygen atoms in total. The molecule has 0 aromatic carbocycles. The summed E-state index contributed by atoms with van der Waals surface area (Å²) in [6, 6.07) is 0. The van der Waals surface area contributed by atoms with Gasteiger partial charge in [0.05, 0.1) is 0 Å². The van der Waals surface area contributed by atoms with Gasteiger partial charge in [-0.15, -0.1) is 0 Å². The van der Waals surface area contributed by atoms with E-state index in [1.54, 1.807) is 7.05 Å². The molecule has 0 aliphatic heterocycles. The Morgan fingerprint density at radius 2 is 2.38 bits per heavy atom. The van der Waals surface area contributed by atoms with E-state index in [2.05, 4.69) is 12.0 Å². The highest BCUT2D eigenvalue weighted by atomic mass is 15.6. The molecule has 0 bridgehead atoms. The molecule has 0 spiro atoms. The number of nitrogens with zero attached hydrogens (tertiary/aromatic N) is 1. The average Bonchev–Trinajstić information content (AvgIpc) is 1.61. The fourth-order valence-electron chi connectivity index (χ4n) is 0.260. The Bertz CT molecular complexity index is 77.7. The molecule has 48 valence electrons. The van der Waals surface area contributed by atoms with Crippen LogP contribution in [0, 0.1) is 0 Å².